The van der Waals surface area contributed by atoms with Gasteiger partial charge in [-0.2, -0.15) is 0 Å². The second-order valence-corrected chi connectivity index (χ2v) is 7.09. The highest BCUT2D eigenvalue weighted by Crippen LogP contribution is 2.19. The number of H-pyrrole nitrogens is 1. The van der Waals surface area contributed by atoms with E-state index < -0.39 is 5.97 Å². The SMILES string of the molecule is O=C(OCCCn1c(=O)[nH]c2ccccc21)c1ccccc1OCCOc1ccccc1. The molecule has 0 saturated heterocycles. The summed E-state index contributed by atoms with van der Waals surface area (Å²) < 4.78 is 18.4. The van der Waals surface area contributed by atoms with Crippen molar-refractivity contribution in [3.05, 3.63) is 94.9 Å². The van der Waals surface area contributed by atoms with Gasteiger partial charge in [0.25, 0.3) is 0 Å². The predicted molar refractivity (Wildman–Crippen MR) is 121 cm³/mol. The summed E-state index contributed by atoms with van der Waals surface area (Å²) in [5.74, 6) is 0.746. The first kappa shape index (κ1) is 21.2. The maximum Gasteiger partial charge on any atom is 0.341 e. The average Bonchev–Trinajstić information content (AvgIpc) is 3.15. The summed E-state index contributed by atoms with van der Waals surface area (Å²) in [5.41, 5.74) is 1.81. The molecular formula is C25H24N2O5. The standard InChI is InChI=1S/C25H24N2O5/c28-24(32-16-8-15-27-22-13-6-5-12-21(22)26-25(27)29)20-11-4-7-14-23(20)31-18-17-30-19-9-2-1-3-10-19/h1-7,9-14H,8,15-18H2,(H,26,29). The van der Waals surface area contributed by atoms with Crippen molar-refractivity contribution in [3.8, 4) is 11.5 Å². The Hall–Kier alpha value is -4.00. The lowest BCUT2D eigenvalue weighted by Gasteiger charge is -2.12. The fourth-order valence-corrected chi connectivity index (χ4v) is 3.38. The molecule has 0 radical (unpaired) electrons. The van der Waals surface area contributed by atoms with Crippen molar-refractivity contribution in [1.29, 1.82) is 0 Å². The molecule has 1 aromatic heterocycles. The molecule has 0 aliphatic carbocycles. The maximum atomic E-state index is 12.6. The Morgan fingerprint density at radius 2 is 1.53 bits per heavy atom. The number of benzene rings is 3. The minimum absolute atomic E-state index is 0.172. The molecule has 32 heavy (non-hydrogen) atoms. The molecule has 0 unspecified atom stereocenters. The van der Waals surface area contributed by atoms with Gasteiger partial charge in [0.15, 0.2) is 0 Å². The molecule has 4 rings (SSSR count). The Kier molecular flexibility index (Phi) is 6.87. The number of aromatic nitrogens is 2. The monoisotopic (exact) mass is 432 g/mol. The molecule has 0 spiro atoms. The molecule has 1 N–H and O–H groups in total. The van der Waals surface area contributed by atoms with Crippen molar-refractivity contribution < 1.29 is 19.0 Å². The van der Waals surface area contributed by atoms with E-state index in [0.717, 1.165) is 16.8 Å². The van der Waals surface area contributed by atoms with Crippen LogP contribution in [0.4, 0.5) is 0 Å². The number of nitrogens with one attached hydrogen (secondary N) is 1. The number of rotatable bonds is 10. The largest absolute Gasteiger partial charge is 0.490 e. The second kappa shape index (κ2) is 10.3. The number of nitrogens with zero attached hydrogens (tertiary/aromatic N) is 1. The first-order valence-corrected chi connectivity index (χ1v) is 10.5. The molecule has 0 saturated carbocycles. The predicted octanol–water partition coefficient (Wildman–Crippen LogP) is 4.03. The number of imidazole rings is 1. The van der Waals surface area contributed by atoms with Crippen LogP contribution in [-0.2, 0) is 11.3 Å². The zero-order valence-corrected chi connectivity index (χ0v) is 17.5. The van der Waals surface area contributed by atoms with Gasteiger partial charge >= 0.3 is 11.7 Å². The van der Waals surface area contributed by atoms with Crippen LogP contribution in [0.25, 0.3) is 11.0 Å². The van der Waals surface area contributed by atoms with Crippen molar-refractivity contribution in [2.45, 2.75) is 13.0 Å². The second-order valence-electron chi connectivity index (χ2n) is 7.09. The Morgan fingerprint density at radius 1 is 0.812 bits per heavy atom. The van der Waals surface area contributed by atoms with Crippen LogP contribution < -0.4 is 15.2 Å². The summed E-state index contributed by atoms with van der Waals surface area (Å²) in [7, 11) is 0. The van der Waals surface area contributed by atoms with E-state index in [1.807, 2.05) is 54.6 Å². The van der Waals surface area contributed by atoms with E-state index in [1.165, 1.54) is 0 Å². The lowest BCUT2D eigenvalue weighted by Crippen LogP contribution is -2.18. The number of ether oxygens (including phenoxy) is 3. The van der Waals surface area contributed by atoms with Crippen molar-refractivity contribution in [1.82, 2.24) is 9.55 Å². The molecule has 4 aromatic rings. The number of aryl methyl sites for hydroxylation is 1. The van der Waals surface area contributed by atoms with Crippen LogP contribution in [0.5, 0.6) is 11.5 Å². The molecule has 0 atom stereocenters. The molecule has 0 aliphatic heterocycles. The first-order chi connectivity index (χ1) is 15.7. The van der Waals surface area contributed by atoms with Gasteiger partial charge in [0.2, 0.25) is 0 Å². The third-order valence-electron chi connectivity index (χ3n) is 4.90. The number of aromatic amines is 1. The van der Waals surface area contributed by atoms with Crippen molar-refractivity contribution in [2.24, 2.45) is 0 Å². The maximum absolute atomic E-state index is 12.6. The number of hydrogen-bond acceptors (Lipinski definition) is 5. The molecule has 3 aromatic carbocycles. The number of carbonyl (C=O) groups excluding carboxylic acids is 1. The summed E-state index contributed by atoms with van der Waals surface area (Å²) in [6, 6.07) is 23.9. The van der Waals surface area contributed by atoms with Crippen LogP contribution in [0.2, 0.25) is 0 Å². The first-order valence-electron chi connectivity index (χ1n) is 10.5. The van der Waals surface area contributed by atoms with Gasteiger partial charge in [-0.15, -0.1) is 0 Å². The van der Waals surface area contributed by atoms with Crippen molar-refractivity contribution in [3.63, 3.8) is 0 Å². The van der Waals surface area contributed by atoms with Crippen molar-refractivity contribution >= 4 is 17.0 Å². The van der Waals surface area contributed by atoms with Gasteiger partial charge < -0.3 is 19.2 Å². The van der Waals surface area contributed by atoms with Gasteiger partial charge in [0.05, 0.1) is 17.6 Å². The number of hydrogen-bond donors (Lipinski definition) is 1. The van der Waals surface area contributed by atoms with E-state index >= 15 is 0 Å². The van der Waals surface area contributed by atoms with Gasteiger partial charge in [-0.25, -0.2) is 9.59 Å². The number of para-hydroxylation sites is 4. The molecule has 0 amide bonds. The average molecular weight is 432 g/mol. The fraction of sp³-hybridized carbons (Fsp3) is 0.200. The lowest BCUT2D eigenvalue weighted by molar-refractivity contribution is 0.0490. The van der Waals surface area contributed by atoms with Gasteiger partial charge in [-0.1, -0.05) is 42.5 Å². The highest BCUT2D eigenvalue weighted by molar-refractivity contribution is 5.92. The minimum Gasteiger partial charge on any atom is -0.490 e. The number of carbonyl (C=O) groups is 1. The zero-order valence-electron chi connectivity index (χ0n) is 17.5. The summed E-state index contributed by atoms with van der Waals surface area (Å²) in [6.45, 7) is 1.29. The Morgan fingerprint density at radius 3 is 2.41 bits per heavy atom. The van der Waals surface area contributed by atoms with E-state index in [9.17, 15) is 9.59 Å². The van der Waals surface area contributed by atoms with Crippen LogP contribution in [-0.4, -0.2) is 35.3 Å². The topological polar surface area (TPSA) is 82.6 Å². The zero-order chi connectivity index (χ0) is 22.2. The minimum atomic E-state index is -0.462. The lowest BCUT2D eigenvalue weighted by atomic mass is 10.2. The Labute approximate surface area is 185 Å². The highest BCUT2D eigenvalue weighted by Gasteiger charge is 2.14. The summed E-state index contributed by atoms with van der Waals surface area (Å²) in [5, 5.41) is 0. The van der Waals surface area contributed by atoms with Crippen molar-refractivity contribution in [2.75, 3.05) is 19.8 Å². The summed E-state index contributed by atoms with van der Waals surface area (Å²) in [4.78, 5) is 27.5. The Bertz CT molecular complexity index is 1230. The normalized spacial score (nSPS) is 10.8. The third kappa shape index (κ3) is 5.18. The van der Waals surface area contributed by atoms with Gasteiger partial charge in [-0.3, -0.25) is 4.57 Å². The Balaban J connectivity index is 1.27. The van der Waals surface area contributed by atoms with Gasteiger partial charge in [0, 0.05) is 6.54 Å². The molecule has 164 valence electrons. The molecule has 7 nitrogen and oxygen atoms in total. The quantitative estimate of drug-likeness (QED) is 0.302. The van der Waals surface area contributed by atoms with Crippen LogP contribution >= 0.6 is 0 Å². The summed E-state index contributed by atoms with van der Waals surface area (Å²) in [6.07, 6.45) is 0.515. The number of esters is 1. The van der Waals surface area contributed by atoms with Crippen LogP contribution in [0.15, 0.2) is 83.7 Å². The fourth-order valence-electron chi connectivity index (χ4n) is 3.38. The summed E-state index contributed by atoms with van der Waals surface area (Å²) >= 11 is 0. The molecule has 0 fully saturated rings. The number of fused-ring (bicyclic) bond motifs is 1. The van der Waals surface area contributed by atoms with E-state index in [2.05, 4.69) is 4.98 Å². The van der Waals surface area contributed by atoms with E-state index in [4.69, 9.17) is 14.2 Å². The van der Waals surface area contributed by atoms with E-state index in [-0.39, 0.29) is 12.3 Å². The molecule has 0 bridgehead atoms. The molecule has 0 aliphatic rings. The third-order valence-corrected chi connectivity index (χ3v) is 4.90. The van der Waals surface area contributed by atoms with Crippen LogP contribution in [0.3, 0.4) is 0 Å². The van der Waals surface area contributed by atoms with E-state index in [0.29, 0.717) is 37.5 Å². The van der Waals surface area contributed by atoms with Crippen LogP contribution in [0.1, 0.15) is 16.8 Å². The van der Waals surface area contributed by atoms with E-state index in [1.54, 1.807) is 28.8 Å². The molecular weight excluding hydrogens is 408 g/mol. The van der Waals surface area contributed by atoms with Gasteiger partial charge in [-0.05, 0) is 42.8 Å². The molecule has 7 heteroatoms. The highest BCUT2D eigenvalue weighted by atomic mass is 16.5. The van der Waals surface area contributed by atoms with Gasteiger partial charge in [0.1, 0.15) is 30.3 Å². The van der Waals surface area contributed by atoms with Crippen LogP contribution in [0, 0.1) is 0 Å². The smallest absolute Gasteiger partial charge is 0.341 e. The molecule has 1 heterocycles.